The zero-order chi connectivity index (χ0) is 13.7. The molecule has 0 aliphatic heterocycles. The number of halogens is 1. The van der Waals surface area contributed by atoms with Crippen LogP contribution in [0.15, 0.2) is 12.3 Å². The van der Waals surface area contributed by atoms with Gasteiger partial charge in [-0.15, -0.1) is 0 Å². The van der Waals surface area contributed by atoms with Crippen molar-refractivity contribution in [3.8, 4) is 0 Å². The number of esters is 1. The molecule has 0 saturated carbocycles. The quantitative estimate of drug-likeness (QED) is 0.620. The summed E-state index contributed by atoms with van der Waals surface area (Å²) in [7, 11) is 2.94. The number of carbonyl (C=O) groups is 2. The highest BCUT2D eigenvalue weighted by atomic mass is 35.5. The Kier molecular flexibility index (Phi) is 5.09. The summed E-state index contributed by atoms with van der Waals surface area (Å²) in [6, 6.07) is 1.40. The maximum atomic E-state index is 12.0. The van der Waals surface area contributed by atoms with Gasteiger partial charge < -0.3 is 9.64 Å². The van der Waals surface area contributed by atoms with Crippen LogP contribution in [0.4, 0.5) is 0 Å². The van der Waals surface area contributed by atoms with Gasteiger partial charge in [-0.3, -0.25) is 4.79 Å². The average Bonchev–Trinajstić information content (AvgIpc) is 2.38. The zero-order valence-corrected chi connectivity index (χ0v) is 11.3. The number of pyridine rings is 1. The minimum absolute atomic E-state index is 0.0246. The number of nitrogens with zero attached hydrogens (tertiary/aromatic N) is 2. The predicted octanol–water partition coefficient (Wildman–Crippen LogP) is 2.00. The van der Waals surface area contributed by atoms with E-state index in [2.05, 4.69) is 9.72 Å². The summed E-state index contributed by atoms with van der Waals surface area (Å²) in [6.45, 7) is 2.61. The molecule has 0 fully saturated rings. The maximum absolute atomic E-state index is 12.0. The van der Waals surface area contributed by atoms with E-state index in [1.807, 2.05) is 6.92 Å². The van der Waals surface area contributed by atoms with Crippen molar-refractivity contribution in [2.24, 2.45) is 0 Å². The summed E-state index contributed by atoms with van der Waals surface area (Å²) < 4.78 is 4.57. The highest BCUT2D eigenvalue weighted by Crippen LogP contribution is 2.16. The third-order valence-electron chi connectivity index (χ3n) is 2.40. The van der Waals surface area contributed by atoms with Gasteiger partial charge in [0.25, 0.3) is 5.91 Å². The molecule has 1 aromatic rings. The molecule has 0 N–H and O–H groups in total. The number of hydrogen-bond donors (Lipinski definition) is 0. The lowest BCUT2D eigenvalue weighted by molar-refractivity contribution is 0.0600. The van der Waals surface area contributed by atoms with E-state index >= 15 is 0 Å². The maximum Gasteiger partial charge on any atom is 0.341 e. The van der Waals surface area contributed by atoms with E-state index in [1.165, 1.54) is 19.4 Å². The van der Waals surface area contributed by atoms with Gasteiger partial charge in [-0.2, -0.15) is 0 Å². The molecule has 0 bridgehead atoms. The van der Waals surface area contributed by atoms with Gasteiger partial charge in [0.15, 0.2) is 0 Å². The van der Waals surface area contributed by atoms with Crippen LogP contribution in [-0.2, 0) is 4.74 Å². The van der Waals surface area contributed by atoms with Gasteiger partial charge in [-0.05, 0) is 12.5 Å². The Hall–Kier alpha value is -1.62. The van der Waals surface area contributed by atoms with Crippen molar-refractivity contribution in [2.45, 2.75) is 13.3 Å². The standard InChI is InChI=1S/C12H15ClN2O3/c1-4-5-15(2)11(16)8-6-9(12(17)18-3)10(13)14-7-8/h6-7H,4-5H2,1-3H3. The number of ether oxygens (including phenoxy) is 1. The fourth-order valence-electron chi connectivity index (χ4n) is 1.48. The Bertz CT molecular complexity index is 463. The molecule has 1 heterocycles. The largest absolute Gasteiger partial charge is 0.465 e. The topological polar surface area (TPSA) is 59.5 Å². The first-order valence-electron chi connectivity index (χ1n) is 5.50. The van der Waals surface area contributed by atoms with Crippen molar-refractivity contribution in [3.05, 3.63) is 28.5 Å². The van der Waals surface area contributed by atoms with E-state index in [4.69, 9.17) is 11.6 Å². The average molecular weight is 271 g/mol. The van der Waals surface area contributed by atoms with E-state index in [0.717, 1.165) is 6.42 Å². The van der Waals surface area contributed by atoms with Gasteiger partial charge in [0.2, 0.25) is 0 Å². The van der Waals surface area contributed by atoms with Gasteiger partial charge >= 0.3 is 5.97 Å². The lowest BCUT2D eigenvalue weighted by Gasteiger charge is -2.16. The molecule has 0 aliphatic rings. The van der Waals surface area contributed by atoms with Gasteiger partial charge in [0.1, 0.15) is 5.15 Å². The molecule has 1 aromatic heterocycles. The van der Waals surface area contributed by atoms with E-state index in [0.29, 0.717) is 12.1 Å². The summed E-state index contributed by atoms with van der Waals surface area (Å²) in [4.78, 5) is 28.8. The second kappa shape index (κ2) is 6.35. The van der Waals surface area contributed by atoms with Gasteiger partial charge in [-0.25, -0.2) is 9.78 Å². The van der Waals surface area contributed by atoms with Gasteiger partial charge in [0, 0.05) is 19.8 Å². The van der Waals surface area contributed by atoms with Crippen molar-refractivity contribution in [1.82, 2.24) is 9.88 Å². The third kappa shape index (κ3) is 3.20. The highest BCUT2D eigenvalue weighted by molar-refractivity contribution is 6.32. The first-order chi connectivity index (χ1) is 8.51. The van der Waals surface area contributed by atoms with Crippen molar-refractivity contribution in [2.75, 3.05) is 20.7 Å². The fraction of sp³-hybridized carbons (Fsp3) is 0.417. The molecule has 1 amide bonds. The highest BCUT2D eigenvalue weighted by Gasteiger charge is 2.17. The first kappa shape index (κ1) is 14.4. The van der Waals surface area contributed by atoms with Crippen molar-refractivity contribution in [3.63, 3.8) is 0 Å². The molecule has 98 valence electrons. The minimum atomic E-state index is -0.611. The monoisotopic (exact) mass is 270 g/mol. The Morgan fingerprint density at radius 2 is 2.17 bits per heavy atom. The zero-order valence-electron chi connectivity index (χ0n) is 10.6. The molecular formula is C12H15ClN2O3. The van der Waals surface area contributed by atoms with E-state index in [-0.39, 0.29) is 16.6 Å². The van der Waals surface area contributed by atoms with Gasteiger partial charge in [0.05, 0.1) is 18.2 Å². The van der Waals surface area contributed by atoms with Crippen molar-refractivity contribution in [1.29, 1.82) is 0 Å². The van der Waals surface area contributed by atoms with Crippen LogP contribution in [0.3, 0.4) is 0 Å². The molecule has 0 atom stereocenters. The summed E-state index contributed by atoms with van der Waals surface area (Å²) in [6.07, 6.45) is 2.20. The third-order valence-corrected chi connectivity index (χ3v) is 2.70. The molecule has 0 aromatic carbocycles. The van der Waals surface area contributed by atoms with E-state index in [9.17, 15) is 9.59 Å². The molecule has 0 radical (unpaired) electrons. The van der Waals surface area contributed by atoms with Crippen LogP contribution < -0.4 is 0 Å². The molecule has 0 spiro atoms. The summed E-state index contributed by atoms with van der Waals surface area (Å²) >= 11 is 5.78. The lowest BCUT2D eigenvalue weighted by Crippen LogP contribution is -2.27. The smallest absolute Gasteiger partial charge is 0.341 e. The van der Waals surface area contributed by atoms with Crippen LogP contribution in [0.1, 0.15) is 34.1 Å². The van der Waals surface area contributed by atoms with E-state index in [1.54, 1.807) is 11.9 Å². The summed E-state index contributed by atoms with van der Waals surface area (Å²) in [5.41, 5.74) is 0.408. The molecule has 0 saturated heterocycles. The molecular weight excluding hydrogens is 256 g/mol. The number of amides is 1. The Morgan fingerprint density at radius 1 is 1.50 bits per heavy atom. The molecule has 18 heavy (non-hydrogen) atoms. The van der Waals surface area contributed by atoms with Crippen LogP contribution in [-0.4, -0.2) is 42.5 Å². The number of carbonyl (C=O) groups excluding carboxylic acids is 2. The number of hydrogen-bond acceptors (Lipinski definition) is 4. The Labute approximate surface area is 111 Å². The van der Waals surface area contributed by atoms with Crippen molar-refractivity contribution < 1.29 is 14.3 Å². The molecule has 5 nitrogen and oxygen atoms in total. The first-order valence-corrected chi connectivity index (χ1v) is 5.88. The second-order valence-corrected chi connectivity index (χ2v) is 4.14. The van der Waals surface area contributed by atoms with Gasteiger partial charge in [-0.1, -0.05) is 18.5 Å². The van der Waals surface area contributed by atoms with Crippen LogP contribution in [0, 0.1) is 0 Å². The predicted molar refractivity (Wildman–Crippen MR) is 67.8 cm³/mol. The normalized spacial score (nSPS) is 10.0. The SMILES string of the molecule is CCCN(C)C(=O)c1cnc(Cl)c(C(=O)OC)c1. The van der Waals surface area contributed by atoms with Crippen molar-refractivity contribution >= 4 is 23.5 Å². The number of methoxy groups -OCH3 is 1. The molecule has 0 unspecified atom stereocenters. The Morgan fingerprint density at radius 3 is 2.72 bits per heavy atom. The van der Waals surface area contributed by atoms with E-state index < -0.39 is 5.97 Å². The van der Waals surface area contributed by atoms with Crippen LogP contribution in [0.5, 0.6) is 0 Å². The Balaban J connectivity index is 3.05. The summed E-state index contributed by atoms with van der Waals surface area (Å²) in [5.74, 6) is -0.813. The van der Waals surface area contributed by atoms with Crippen LogP contribution in [0.25, 0.3) is 0 Å². The molecule has 0 aliphatic carbocycles. The minimum Gasteiger partial charge on any atom is -0.465 e. The summed E-state index contributed by atoms with van der Waals surface area (Å²) in [5, 5.41) is 0.0246. The molecule has 6 heteroatoms. The lowest BCUT2D eigenvalue weighted by atomic mass is 10.2. The fourth-order valence-corrected chi connectivity index (χ4v) is 1.66. The number of aromatic nitrogens is 1. The molecule has 1 rings (SSSR count). The number of rotatable bonds is 4. The van der Waals surface area contributed by atoms with Crippen LogP contribution >= 0.6 is 11.6 Å². The van der Waals surface area contributed by atoms with Crippen LogP contribution in [0.2, 0.25) is 5.15 Å². The second-order valence-electron chi connectivity index (χ2n) is 3.78.